The number of rotatable bonds is 1. The molecule has 1 saturated heterocycles. The fraction of sp³-hybridized carbons (Fsp3) is 0.0833. The first-order chi connectivity index (χ1) is 8.66. The van der Waals surface area contributed by atoms with Crippen molar-refractivity contribution in [1.29, 1.82) is 0 Å². The van der Waals surface area contributed by atoms with Gasteiger partial charge in [-0.3, -0.25) is 9.69 Å². The Bertz CT molecular complexity index is 688. The summed E-state index contributed by atoms with van der Waals surface area (Å²) >= 11 is 5.02. The summed E-state index contributed by atoms with van der Waals surface area (Å²) in [7, 11) is 1.65. The molecule has 0 unspecified atom stereocenters. The molecule has 90 valence electrons. The van der Waals surface area contributed by atoms with Gasteiger partial charge >= 0.3 is 0 Å². The quantitative estimate of drug-likeness (QED) is 0.597. The van der Waals surface area contributed by atoms with Crippen molar-refractivity contribution < 1.29 is 4.79 Å². The van der Waals surface area contributed by atoms with E-state index in [9.17, 15) is 4.79 Å². The van der Waals surface area contributed by atoms with Gasteiger partial charge in [0, 0.05) is 30.4 Å². The van der Waals surface area contributed by atoms with Gasteiger partial charge in [0.1, 0.15) is 11.3 Å². The first-order valence-electron chi connectivity index (χ1n) is 5.39. The van der Waals surface area contributed by atoms with E-state index in [1.165, 1.54) is 4.90 Å². The number of hydrogen-bond acceptors (Lipinski definition) is 3. The van der Waals surface area contributed by atoms with Crippen molar-refractivity contribution in [2.24, 2.45) is 0 Å². The maximum absolute atomic E-state index is 11.9. The number of fused-ring (bicyclic) bond motifs is 1. The number of pyridine rings is 1. The monoisotopic (exact) mass is 258 g/mol. The van der Waals surface area contributed by atoms with Crippen LogP contribution in [0.3, 0.4) is 0 Å². The molecule has 2 aromatic rings. The minimum Gasteiger partial charge on any atom is -0.346 e. The number of aromatic amines is 1. The molecule has 0 radical (unpaired) electrons. The highest BCUT2D eigenvalue weighted by Gasteiger charge is 2.27. The van der Waals surface area contributed by atoms with Crippen molar-refractivity contribution in [2.45, 2.75) is 0 Å². The minimum atomic E-state index is -0.127. The number of nitrogens with one attached hydrogen (secondary N) is 2. The SMILES string of the molecule is CN1C(=O)/C(=C/c2c[nH]c3ncccc23)NC1=S. The Morgan fingerprint density at radius 2 is 2.33 bits per heavy atom. The molecule has 0 bridgehead atoms. The predicted molar refractivity (Wildman–Crippen MR) is 72.6 cm³/mol. The average molecular weight is 258 g/mol. The Hall–Kier alpha value is -2.21. The molecule has 0 saturated carbocycles. The maximum Gasteiger partial charge on any atom is 0.276 e. The Kier molecular flexibility index (Phi) is 2.38. The standard InChI is InChI=1S/C12H10N4OS/c1-16-11(17)9(15-12(16)18)5-7-6-14-10-8(7)3-2-4-13-10/h2-6H,1H3,(H,13,14)(H,15,18)/b9-5-. The van der Waals surface area contributed by atoms with Crippen LogP contribution in [0.4, 0.5) is 0 Å². The summed E-state index contributed by atoms with van der Waals surface area (Å²) in [6.45, 7) is 0. The second-order valence-corrected chi connectivity index (χ2v) is 4.38. The first-order valence-corrected chi connectivity index (χ1v) is 5.80. The van der Waals surface area contributed by atoms with E-state index in [-0.39, 0.29) is 5.91 Å². The third-order valence-corrected chi connectivity index (χ3v) is 3.24. The lowest BCUT2D eigenvalue weighted by Gasteiger charge is -2.02. The first kappa shape index (κ1) is 10.9. The molecule has 0 spiro atoms. The van der Waals surface area contributed by atoms with Crippen LogP contribution in [0, 0.1) is 0 Å². The van der Waals surface area contributed by atoms with Crippen molar-refractivity contribution in [3.8, 4) is 0 Å². The lowest BCUT2D eigenvalue weighted by molar-refractivity contribution is -0.121. The minimum absolute atomic E-state index is 0.127. The summed E-state index contributed by atoms with van der Waals surface area (Å²) in [6, 6.07) is 3.81. The van der Waals surface area contributed by atoms with Crippen LogP contribution in [0.1, 0.15) is 5.56 Å². The van der Waals surface area contributed by atoms with Gasteiger partial charge in [0.05, 0.1) is 0 Å². The smallest absolute Gasteiger partial charge is 0.276 e. The van der Waals surface area contributed by atoms with E-state index < -0.39 is 0 Å². The molecule has 0 aliphatic carbocycles. The van der Waals surface area contributed by atoms with Gasteiger partial charge in [0.2, 0.25) is 0 Å². The number of nitrogens with zero attached hydrogens (tertiary/aromatic N) is 2. The van der Waals surface area contributed by atoms with E-state index in [4.69, 9.17) is 12.2 Å². The van der Waals surface area contributed by atoms with Gasteiger partial charge in [-0.25, -0.2) is 4.98 Å². The van der Waals surface area contributed by atoms with Gasteiger partial charge in [-0.05, 0) is 30.4 Å². The van der Waals surface area contributed by atoms with Gasteiger partial charge in [-0.1, -0.05) is 0 Å². The van der Waals surface area contributed by atoms with Crippen molar-refractivity contribution in [2.75, 3.05) is 7.05 Å². The van der Waals surface area contributed by atoms with Crippen LogP contribution >= 0.6 is 12.2 Å². The molecule has 18 heavy (non-hydrogen) atoms. The van der Waals surface area contributed by atoms with Gasteiger partial charge in [-0.15, -0.1) is 0 Å². The van der Waals surface area contributed by atoms with E-state index in [0.717, 1.165) is 16.6 Å². The summed E-state index contributed by atoms with van der Waals surface area (Å²) in [5.74, 6) is -0.127. The normalized spacial score (nSPS) is 17.8. The van der Waals surface area contributed by atoms with E-state index in [0.29, 0.717) is 10.8 Å². The second-order valence-electron chi connectivity index (χ2n) is 4.00. The molecule has 3 heterocycles. The zero-order valence-electron chi connectivity index (χ0n) is 9.60. The van der Waals surface area contributed by atoms with Crippen molar-refractivity contribution in [3.63, 3.8) is 0 Å². The Morgan fingerprint density at radius 1 is 1.50 bits per heavy atom. The number of hydrogen-bond donors (Lipinski definition) is 2. The number of likely N-dealkylation sites (N-methyl/N-ethyl adjacent to an activating group) is 1. The Morgan fingerprint density at radius 3 is 3.06 bits per heavy atom. The summed E-state index contributed by atoms with van der Waals surface area (Å²) in [5.41, 5.74) is 2.19. The molecule has 1 aliphatic heterocycles. The van der Waals surface area contributed by atoms with Crippen LogP contribution in [-0.4, -0.2) is 32.9 Å². The van der Waals surface area contributed by atoms with Crippen LogP contribution in [0.25, 0.3) is 17.1 Å². The fourth-order valence-electron chi connectivity index (χ4n) is 1.88. The number of aromatic nitrogens is 2. The molecular formula is C12H10N4OS. The molecule has 2 N–H and O–H groups in total. The van der Waals surface area contributed by atoms with Crippen LogP contribution in [0.2, 0.25) is 0 Å². The summed E-state index contributed by atoms with van der Waals surface area (Å²) in [5, 5.41) is 4.28. The Balaban J connectivity index is 2.07. The second kappa shape index (κ2) is 3.92. The average Bonchev–Trinajstić information content (AvgIpc) is 2.89. The predicted octanol–water partition coefficient (Wildman–Crippen LogP) is 1.25. The largest absolute Gasteiger partial charge is 0.346 e. The lowest BCUT2D eigenvalue weighted by Crippen LogP contribution is -2.25. The summed E-state index contributed by atoms with van der Waals surface area (Å²) in [4.78, 5) is 20.5. The van der Waals surface area contributed by atoms with E-state index in [1.807, 2.05) is 18.3 Å². The third kappa shape index (κ3) is 1.58. The fourth-order valence-corrected chi connectivity index (χ4v) is 2.07. The number of thiocarbonyl (C=S) groups is 1. The molecular weight excluding hydrogens is 248 g/mol. The van der Waals surface area contributed by atoms with Crippen molar-refractivity contribution >= 4 is 40.3 Å². The molecule has 0 aromatic carbocycles. The summed E-state index contributed by atoms with van der Waals surface area (Å²) in [6.07, 6.45) is 5.32. The maximum atomic E-state index is 11.9. The highest BCUT2D eigenvalue weighted by Crippen LogP contribution is 2.20. The Labute approximate surface area is 109 Å². The highest BCUT2D eigenvalue weighted by atomic mass is 32.1. The zero-order chi connectivity index (χ0) is 12.7. The topological polar surface area (TPSA) is 61.0 Å². The van der Waals surface area contributed by atoms with Gasteiger partial charge in [0.25, 0.3) is 5.91 Å². The van der Waals surface area contributed by atoms with Crippen molar-refractivity contribution in [3.05, 3.63) is 35.8 Å². The zero-order valence-corrected chi connectivity index (χ0v) is 10.4. The van der Waals surface area contributed by atoms with Crippen LogP contribution in [0.15, 0.2) is 30.2 Å². The molecule has 1 fully saturated rings. The van der Waals surface area contributed by atoms with E-state index >= 15 is 0 Å². The molecule has 5 nitrogen and oxygen atoms in total. The van der Waals surface area contributed by atoms with Crippen LogP contribution in [0.5, 0.6) is 0 Å². The van der Waals surface area contributed by atoms with Crippen LogP contribution < -0.4 is 5.32 Å². The van der Waals surface area contributed by atoms with Gasteiger partial charge in [-0.2, -0.15) is 0 Å². The molecule has 1 aliphatic rings. The number of carbonyl (C=O) groups is 1. The number of H-pyrrole nitrogens is 1. The summed E-state index contributed by atoms with van der Waals surface area (Å²) < 4.78 is 0. The molecule has 0 atom stereocenters. The number of carbonyl (C=O) groups excluding carboxylic acids is 1. The number of amides is 1. The van der Waals surface area contributed by atoms with E-state index in [2.05, 4.69) is 15.3 Å². The van der Waals surface area contributed by atoms with Gasteiger partial charge in [0.15, 0.2) is 5.11 Å². The molecule has 1 amide bonds. The highest BCUT2D eigenvalue weighted by molar-refractivity contribution is 7.80. The van der Waals surface area contributed by atoms with Crippen LogP contribution in [-0.2, 0) is 4.79 Å². The van der Waals surface area contributed by atoms with E-state index in [1.54, 1.807) is 19.3 Å². The lowest BCUT2D eigenvalue weighted by atomic mass is 10.2. The van der Waals surface area contributed by atoms with Crippen molar-refractivity contribution in [1.82, 2.24) is 20.2 Å². The molecule has 3 rings (SSSR count). The molecule has 6 heteroatoms. The third-order valence-electron chi connectivity index (χ3n) is 2.86. The molecule has 2 aromatic heterocycles. The van der Waals surface area contributed by atoms with Gasteiger partial charge < -0.3 is 10.3 Å².